The van der Waals surface area contributed by atoms with Crippen molar-refractivity contribution >= 4 is 12.0 Å². The van der Waals surface area contributed by atoms with Crippen LogP contribution in [0, 0.1) is 0 Å². The van der Waals surface area contributed by atoms with Gasteiger partial charge in [-0.15, -0.1) is 0 Å². The van der Waals surface area contributed by atoms with Gasteiger partial charge >= 0.3 is 12.0 Å². The summed E-state index contributed by atoms with van der Waals surface area (Å²) >= 11 is 0. The van der Waals surface area contributed by atoms with Crippen LogP contribution in [0.15, 0.2) is 30.3 Å². The number of carbonyl (C=O) groups excluding carboxylic acids is 1. The van der Waals surface area contributed by atoms with Crippen LogP contribution in [0.1, 0.15) is 18.4 Å². The molecule has 5 nitrogen and oxygen atoms in total. The van der Waals surface area contributed by atoms with Crippen LogP contribution in [0.2, 0.25) is 0 Å². The SMILES string of the molecule is O=C(O)[C@H]1CCCN1C(=O)NCc1ccccc1. The molecule has 2 amide bonds. The molecule has 0 saturated carbocycles. The number of likely N-dealkylation sites (tertiary alicyclic amines) is 1. The molecule has 0 unspecified atom stereocenters. The molecule has 1 aromatic rings. The number of rotatable bonds is 3. The Morgan fingerprint density at radius 1 is 1.33 bits per heavy atom. The van der Waals surface area contributed by atoms with Gasteiger partial charge in [-0.2, -0.15) is 0 Å². The van der Waals surface area contributed by atoms with Crippen molar-refractivity contribution in [2.75, 3.05) is 6.54 Å². The first-order valence-electron chi connectivity index (χ1n) is 5.99. The molecule has 1 fully saturated rings. The Bertz CT molecular complexity index is 433. The number of urea groups is 1. The van der Waals surface area contributed by atoms with Gasteiger partial charge in [-0.05, 0) is 18.4 Å². The second kappa shape index (κ2) is 5.53. The molecule has 1 atom stereocenters. The second-order valence-corrected chi connectivity index (χ2v) is 4.33. The van der Waals surface area contributed by atoms with Crippen LogP contribution in [0.25, 0.3) is 0 Å². The van der Waals surface area contributed by atoms with E-state index in [4.69, 9.17) is 5.11 Å². The van der Waals surface area contributed by atoms with Gasteiger partial charge in [-0.1, -0.05) is 30.3 Å². The van der Waals surface area contributed by atoms with E-state index in [0.717, 1.165) is 12.0 Å². The standard InChI is InChI=1S/C13H16N2O3/c16-12(17)11-7-4-8-15(11)13(18)14-9-10-5-2-1-3-6-10/h1-3,5-6,11H,4,7-9H2,(H,14,18)(H,16,17)/t11-/m1/s1. The first-order chi connectivity index (χ1) is 8.68. The van der Waals surface area contributed by atoms with Gasteiger partial charge in [0.05, 0.1) is 0 Å². The highest BCUT2D eigenvalue weighted by Crippen LogP contribution is 2.17. The number of benzene rings is 1. The first-order valence-corrected chi connectivity index (χ1v) is 5.99. The molecular formula is C13H16N2O3. The zero-order chi connectivity index (χ0) is 13.0. The van der Waals surface area contributed by atoms with E-state index >= 15 is 0 Å². The lowest BCUT2D eigenvalue weighted by molar-refractivity contribution is -0.141. The lowest BCUT2D eigenvalue weighted by Crippen LogP contribution is -2.45. The van der Waals surface area contributed by atoms with Gasteiger partial charge in [-0.25, -0.2) is 9.59 Å². The third-order valence-electron chi connectivity index (χ3n) is 3.09. The molecule has 0 radical (unpaired) electrons. The van der Waals surface area contributed by atoms with Gasteiger partial charge < -0.3 is 15.3 Å². The van der Waals surface area contributed by atoms with Crippen molar-refractivity contribution in [3.8, 4) is 0 Å². The molecule has 2 N–H and O–H groups in total. The van der Waals surface area contributed by atoms with E-state index in [9.17, 15) is 9.59 Å². The summed E-state index contributed by atoms with van der Waals surface area (Å²) in [5, 5.41) is 11.7. The van der Waals surface area contributed by atoms with Crippen LogP contribution in [-0.4, -0.2) is 34.6 Å². The third-order valence-corrected chi connectivity index (χ3v) is 3.09. The number of hydrogen-bond donors (Lipinski definition) is 2. The Morgan fingerprint density at radius 3 is 2.72 bits per heavy atom. The van der Waals surface area contributed by atoms with Crippen molar-refractivity contribution < 1.29 is 14.7 Å². The van der Waals surface area contributed by atoms with Crippen molar-refractivity contribution in [2.24, 2.45) is 0 Å². The number of aliphatic carboxylic acids is 1. The van der Waals surface area contributed by atoms with E-state index < -0.39 is 12.0 Å². The molecule has 1 aromatic carbocycles. The summed E-state index contributed by atoms with van der Waals surface area (Å²) in [5.74, 6) is -0.928. The fraction of sp³-hybridized carbons (Fsp3) is 0.385. The molecule has 2 rings (SSSR count). The predicted molar refractivity (Wildman–Crippen MR) is 66.0 cm³/mol. The minimum absolute atomic E-state index is 0.302. The molecule has 1 aliphatic rings. The van der Waals surface area contributed by atoms with E-state index in [1.165, 1.54) is 4.90 Å². The third kappa shape index (κ3) is 2.80. The number of carboxylic acids is 1. The van der Waals surface area contributed by atoms with Gasteiger partial charge in [0.15, 0.2) is 0 Å². The lowest BCUT2D eigenvalue weighted by atomic mass is 10.2. The minimum Gasteiger partial charge on any atom is -0.480 e. The molecule has 0 bridgehead atoms. The summed E-state index contributed by atoms with van der Waals surface area (Å²) in [6.07, 6.45) is 1.28. The van der Waals surface area contributed by atoms with Gasteiger partial charge in [0.2, 0.25) is 0 Å². The van der Waals surface area contributed by atoms with Crippen LogP contribution in [-0.2, 0) is 11.3 Å². The van der Waals surface area contributed by atoms with E-state index in [1.54, 1.807) is 0 Å². The monoisotopic (exact) mass is 248 g/mol. The largest absolute Gasteiger partial charge is 0.480 e. The van der Waals surface area contributed by atoms with Gasteiger partial charge in [-0.3, -0.25) is 0 Å². The van der Waals surface area contributed by atoms with Crippen molar-refractivity contribution in [2.45, 2.75) is 25.4 Å². The quantitative estimate of drug-likeness (QED) is 0.850. The molecule has 0 aliphatic carbocycles. The van der Waals surface area contributed by atoms with Crippen molar-refractivity contribution in [3.63, 3.8) is 0 Å². The maximum absolute atomic E-state index is 11.9. The van der Waals surface area contributed by atoms with E-state index in [1.807, 2.05) is 30.3 Å². The Balaban J connectivity index is 1.90. The Labute approximate surface area is 105 Å². The summed E-state index contributed by atoms with van der Waals surface area (Å²) in [6.45, 7) is 0.931. The van der Waals surface area contributed by atoms with Gasteiger partial charge in [0.1, 0.15) is 6.04 Å². The van der Waals surface area contributed by atoms with Crippen LogP contribution < -0.4 is 5.32 Å². The van der Waals surface area contributed by atoms with Crippen LogP contribution in [0.5, 0.6) is 0 Å². The summed E-state index contributed by atoms with van der Waals surface area (Å²) in [6, 6.07) is 8.56. The van der Waals surface area contributed by atoms with Gasteiger partial charge in [0, 0.05) is 13.1 Å². The van der Waals surface area contributed by atoms with E-state index in [-0.39, 0.29) is 6.03 Å². The first kappa shape index (κ1) is 12.4. The fourth-order valence-corrected chi connectivity index (χ4v) is 2.14. The number of carboxylic acid groups (broad SMARTS) is 1. The highest BCUT2D eigenvalue weighted by Gasteiger charge is 2.33. The molecule has 1 aliphatic heterocycles. The molecule has 0 spiro atoms. The fourth-order valence-electron chi connectivity index (χ4n) is 2.14. The predicted octanol–water partition coefficient (Wildman–Crippen LogP) is 1.45. The average Bonchev–Trinajstić information content (AvgIpc) is 2.86. The van der Waals surface area contributed by atoms with Crippen molar-refractivity contribution in [1.29, 1.82) is 0 Å². The van der Waals surface area contributed by atoms with Crippen LogP contribution >= 0.6 is 0 Å². The lowest BCUT2D eigenvalue weighted by Gasteiger charge is -2.21. The van der Waals surface area contributed by atoms with Gasteiger partial charge in [0.25, 0.3) is 0 Å². The van der Waals surface area contributed by atoms with Crippen molar-refractivity contribution in [1.82, 2.24) is 10.2 Å². The zero-order valence-electron chi connectivity index (χ0n) is 10.0. The number of nitrogens with one attached hydrogen (secondary N) is 1. The highest BCUT2D eigenvalue weighted by molar-refractivity contribution is 5.83. The second-order valence-electron chi connectivity index (χ2n) is 4.33. The maximum Gasteiger partial charge on any atom is 0.326 e. The summed E-state index contributed by atoms with van der Waals surface area (Å²) in [4.78, 5) is 24.2. The Kier molecular flexibility index (Phi) is 3.82. The zero-order valence-corrected chi connectivity index (χ0v) is 10.0. The topological polar surface area (TPSA) is 69.6 Å². The molecule has 1 saturated heterocycles. The summed E-state index contributed by atoms with van der Waals surface area (Å²) in [5.41, 5.74) is 0.997. The number of amides is 2. The maximum atomic E-state index is 11.9. The highest BCUT2D eigenvalue weighted by atomic mass is 16.4. The van der Waals surface area contributed by atoms with E-state index in [2.05, 4.69) is 5.32 Å². The Hall–Kier alpha value is -2.04. The Morgan fingerprint density at radius 2 is 2.06 bits per heavy atom. The average molecular weight is 248 g/mol. The van der Waals surface area contributed by atoms with Crippen molar-refractivity contribution in [3.05, 3.63) is 35.9 Å². The number of carbonyl (C=O) groups is 2. The van der Waals surface area contributed by atoms with Crippen LogP contribution in [0.3, 0.4) is 0 Å². The minimum atomic E-state index is -0.928. The van der Waals surface area contributed by atoms with E-state index in [0.29, 0.717) is 19.5 Å². The molecular weight excluding hydrogens is 232 g/mol. The molecule has 1 heterocycles. The molecule has 0 aromatic heterocycles. The normalized spacial score (nSPS) is 18.7. The summed E-state index contributed by atoms with van der Waals surface area (Å²) < 4.78 is 0. The number of hydrogen-bond acceptors (Lipinski definition) is 2. The summed E-state index contributed by atoms with van der Waals surface area (Å²) in [7, 11) is 0. The smallest absolute Gasteiger partial charge is 0.326 e. The molecule has 5 heteroatoms. The molecule has 96 valence electrons. The molecule has 18 heavy (non-hydrogen) atoms. The number of nitrogens with zero attached hydrogens (tertiary/aromatic N) is 1. The van der Waals surface area contributed by atoms with Crippen LogP contribution in [0.4, 0.5) is 4.79 Å².